The Balaban J connectivity index is 2.05. The second-order valence-corrected chi connectivity index (χ2v) is 5.38. The van der Waals surface area contributed by atoms with Crippen LogP contribution >= 0.6 is 21.6 Å². The monoisotopic (exact) mass is 248 g/mol. The van der Waals surface area contributed by atoms with Gasteiger partial charge in [0, 0.05) is 4.90 Å². The van der Waals surface area contributed by atoms with Crippen LogP contribution in [0.1, 0.15) is 0 Å². The lowest BCUT2D eigenvalue weighted by Crippen LogP contribution is -1.83. The van der Waals surface area contributed by atoms with Crippen LogP contribution in [0.4, 0.5) is 0 Å². The van der Waals surface area contributed by atoms with Gasteiger partial charge in [-0.3, -0.25) is 0 Å². The van der Waals surface area contributed by atoms with Crippen molar-refractivity contribution in [3.8, 4) is 5.75 Å². The predicted octanol–water partition coefficient (Wildman–Crippen LogP) is 4.49. The Labute approximate surface area is 104 Å². The van der Waals surface area contributed by atoms with E-state index in [1.54, 1.807) is 28.7 Å². The van der Waals surface area contributed by atoms with E-state index in [0.29, 0.717) is 0 Å². The summed E-state index contributed by atoms with van der Waals surface area (Å²) in [7, 11) is 5.16. The summed E-state index contributed by atoms with van der Waals surface area (Å²) in [6, 6.07) is 18.4. The summed E-state index contributed by atoms with van der Waals surface area (Å²) in [5.74, 6) is 0.927. The van der Waals surface area contributed by atoms with Crippen molar-refractivity contribution in [2.45, 2.75) is 9.79 Å². The minimum atomic E-state index is 0.927. The van der Waals surface area contributed by atoms with Gasteiger partial charge in [-0.05, 0) is 35.1 Å². The first kappa shape index (κ1) is 11.4. The van der Waals surface area contributed by atoms with Crippen molar-refractivity contribution in [2.75, 3.05) is 7.11 Å². The molecular formula is C13H12OS2. The van der Waals surface area contributed by atoms with Gasteiger partial charge in [0.05, 0.1) is 12.0 Å². The Morgan fingerprint density at radius 1 is 0.812 bits per heavy atom. The van der Waals surface area contributed by atoms with Gasteiger partial charge in [0.25, 0.3) is 0 Å². The van der Waals surface area contributed by atoms with Crippen LogP contribution in [0.15, 0.2) is 64.4 Å². The summed E-state index contributed by atoms with van der Waals surface area (Å²) in [5, 5.41) is 0. The van der Waals surface area contributed by atoms with E-state index >= 15 is 0 Å². The molecule has 0 heterocycles. The van der Waals surface area contributed by atoms with E-state index in [2.05, 4.69) is 18.2 Å². The number of ether oxygens (including phenoxy) is 1. The first-order chi connectivity index (χ1) is 7.90. The molecule has 0 spiro atoms. The highest BCUT2D eigenvalue weighted by molar-refractivity contribution is 8.76. The summed E-state index contributed by atoms with van der Waals surface area (Å²) in [6.45, 7) is 0. The molecule has 0 fully saturated rings. The first-order valence-electron chi connectivity index (χ1n) is 4.93. The third kappa shape index (κ3) is 2.97. The number of hydrogen-bond acceptors (Lipinski definition) is 3. The standard InChI is InChI=1S/C13H12OS2/c1-14-12-9-5-6-10-13(12)16-15-11-7-3-2-4-8-11/h2-10H,1H3. The van der Waals surface area contributed by atoms with Crippen molar-refractivity contribution in [3.63, 3.8) is 0 Å². The van der Waals surface area contributed by atoms with E-state index < -0.39 is 0 Å². The molecule has 0 aliphatic rings. The van der Waals surface area contributed by atoms with Crippen molar-refractivity contribution in [1.29, 1.82) is 0 Å². The van der Waals surface area contributed by atoms with Crippen molar-refractivity contribution in [1.82, 2.24) is 0 Å². The fourth-order valence-electron chi connectivity index (χ4n) is 1.26. The van der Waals surface area contributed by atoms with Crippen molar-refractivity contribution >= 4 is 21.6 Å². The van der Waals surface area contributed by atoms with Crippen molar-refractivity contribution in [3.05, 3.63) is 54.6 Å². The van der Waals surface area contributed by atoms with Gasteiger partial charge in [0.15, 0.2) is 0 Å². The zero-order valence-electron chi connectivity index (χ0n) is 8.92. The zero-order valence-corrected chi connectivity index (χ0v) is 10.6. The van der Waals surface area contributed by atoms with Crippen LogP contribution in [-0.2, 0) is 0 Å². The minimum absolute atomic E-state index is 0.927. The normalized spacial score (nSPS) is 10.1. The maximum Gasteiger partial charge on any atom is 0.133 e. The third-order valence-corrected chi connectivity index (χ3v) is 4.47. The van der Waals surface area contributed by atoms with Gasteiger partial charge in [-0.25, -0.2) is 0 Å². The number of rotatable bonds is 4. The molecule has 2 aromatic carbocycles. The molecule has 0 saturated heterocycles. The fraction of sp³-hybridized carbons (Fsp3) is 0.0769. The third-order valence-electron chi connectivity index (χ3n) is 2.04. The number of benzene rings is 2. The Morgan fingerprint density at radius 2 is 1.50 bits per heavy atom. The fourth-order valence-corrected chi connectivity index (χ4v) is 3.38. The number of hydrogen-bond donors (Lipinski definition) is 0. The summed E-state index contributed by atoms with van der Waals surface area (Å²) >= 11 is 0. The molecule has 0 aliphatic heterocycles. The van der Waals surface area contributed by atoms with Crippen molar-refractivity contribution < 1.29 is 4.74 Å². The lowest BCUT2D eigenvalue weighted by molar-refractivity contribution is 0.405. The van der Waals surface area contributed by atoms with Gasteiger partial charge >= 0.3 is 0 Å². The molecule has 16 heavy (non-hydrogen) atoms. The van der Waals surface area contributed by atoms with Gasteiger partial charge in [-0.15, -0.1) is 0 Å². The molecule has 82 valence electrons. The number of para-hydroxylation sites is 1. The molecule has 0 unspecified atom stereocenters. The lowest BCUT2D eigenvalue weighted by Gasteiger charge is -2.06. The highest BCUT2D eigenvalue weighted by atomic mass is 33.1. The molecule has 0 saturated carbocycles. The van der Waals surface area contributed by atoms with Gasteiger partial charge in [0.1, 0.15) is 5.75 Å². The molecule has 0 N–H and O–H groups in total. The van der Waals surface area contributed by atoms with Crippen LogP contribution in [0.3, 0.4) is 0 Å². The second-order valence-electron chi connectivity index (χ2n) is 3.13. The molecule has 2 rings (SSSR count). The van der Waals surface area contributed by atoms with Crippen LogP contribution in [0.5, 0.6) is 5.75 Å². The van der Waals surface area contributed by atoms with Crippen LogP contribution in [0, 0.1) is 0 Å². The topological polar surface area (TPSA) is 9.23 Å². The van der Waals surface area contributed by atoms with Crippen LogP contribution < -0.4 is 4.74 Å². The lowest BCUT2D eigenvalue weighted by atomic mass is 10.3. The highest BCUT2D eigenvalue weighted by Gasteiger charge is 2.02. The zero-order chi connectivity index (χ0) is 11.2. The van der Waals surface area contributed by atoms with E-state index in [-0.39, 0.29) is 0 Å². The van der Waals surface area contributed by atoms with Gasteiger partial charge in [-0.2, -0.15) is 0 Å². The Morgan fingerprint density at radius 3 is 2.25 bits per heavy atom. The Hall–Kier alpha value is -1.06. The highest BCUT2D eigenvalue weighted by Crippen LogP contribution is 2.41. The molecule has 0 aliphatic carbocycles. The molecule has 1 nitrogen and oxygen atoms in total. The second kappa shape index (κ2) is 5.87. The van der Waals surface area contributed by atoms with E-state index in [1.165, 1.54) is 4.90 Å². The van der Waals surface area contributed by atoms with Gasteiger partial charge in [-0.1, -0.05) is 41.1 Å². The summed E-state index contributed by atoms with van der Waals surface area (Å²) in [6.07, 6.45) is 0. The van der Waals surface area contributed by atoms with Crippen molar-refractivity contribution in [2.24, 2.45) is 0 Å². The summed E-state index contributed by atoms with van der Waals surface area (Å²) < 4.78 is 5.30. The first-order valence-corrected chi connectivity index (χ1v) is 7.08. The van der Waals surface area contributed by atoms with E-state index in [0.717, 1.165) is 10.6 Å². The molecule has 2 aromatic rings. The Kier molecular flexibility index (Phi) is 4.19. The average molecular weight is 248 g/mol. The van der Waals surface area contributed by atoms with Crippen LogP contribution in [0.2, 0.25) is 0 Å². The summed E-state index contributed by atoms with van der Waals surface area (Å²) in [4.78, 5) is 2.40. The maximum atomic E-state index is 5.30. The molecule has 3 heteroatoms. The van der Waals surface area contributed by atoms with Gasteiger partial charge in [0.2, 0.25) is 0 Å². The SMILES string of the molecule is COc1ccccc1SSc1ccccc1. The van der Waals surface area contributed by atoms with E-state index in [4.69, 9.17) is 4.74 Å². The molecule has 0 bridgehead atoms. The van der Waals surface area contributed by atoms with Crippen LogP contribution in [-0.4, -0.2) is 7.11 Å². The smallest absolute Gasteiger partial charge is 0.133 e. The largest absolute Gasteiger partial charge is 0.496 e. The van der Waals surface area contributed by atoms with Gasteiger partial charge < -0.3 is 4.74 Å². The number of methoxy groups -OCH3 is 1. The van der Waals surface area contributed by atoms with Crippen LogP contribution in [0.25, 0.3) is 0 Å². The average Bonchev–Trinajstić information content (AvgIpc) is 2.38. The minimum Gasteiger partial charge on any atom is -0.496 e. The van der Waals surface area contributed by atoms with E-state index in [1.807, 2.05) is 36.4 Å². The Bertz CT molecular complexity index is 443. The quantitative estimate of drug-likeness (QED) is 0.738. The maximum absolute atomic E-state index is 5.30. The molecular weight excluding hydrogens is 236 g/mol. The summed E-state index contributed by atoms with van der Waals surface area (Å²) in [5.41, 5.74) is 0. The molecule has 0 amide bonds. The molecule has 0 aromatic heterocycles. The molecule has 0 radical (unpaired) electrons. The molecule has 0 atom stereocenters. The van der Waals surface area contributed by atoms with E-state index in [9.17, 15) is 0 Å². The predicted molar refractivity (Wildman–Crippen MR) is 71.2 cm³/mol.